The van der Waals surface area contributed by atoms with Crippen molar-refractivity contribution in [1.29, 1.82) is 0 Å². The molecule has 1 N–H and O–H groups in total. The molecule has 4 atom stereocenters. The van der Waals surface area contributed by atoms with Gasteiger partial charge in [0.15, 0.2) is 6.54 Å². The van der Waals surface area contributed by atoms with Crippen LogP contribution in [0.5, 0.6) is 17.2 Å². The Morgan fingerprint density at radius 1 is 1.09 bits per heavy atom. The van der Waals surface area contributed by atoms with Crippen molar-refractivity contribution in [3.05, 3.63) is 62.8 Å². The van der Waals surface area contributed by atoms with E-state index >= 15 is 0 Å². The second-order valence-corrected chi connectivity index (χ2v) is 13.1. The number of para-hydroxylation sites is 1. The number of ether oxygens (including phenoxy) is 5. The lowest BCUT2D eigenvalue weighted by Crippen LogP contribution is -2.58. The minimum atomic E-state index is -1.35. The van der Waals surface area contributed by atoms with Crippen LogP contribution in [0.3, 0.4) is 0 Å². The Morgan fingerprint density at radius 3 is 2.52 bits per heavy atom. The van der Waals surface area contributed by atoms with Crippen molar-refractivity contribution in [3.8, 4) is 17.2 Å². The molecule has 6 rings (SSSR count). The number of aromatic amines is 1. The number of carbonyl (C=O) groups excluding carboxylic acids is 2. The molecule has 0 saturated carbocycles. The summed E-state index contributed by atoms with van der Waals surface area (Å²) in [5.74, 6) is 0.987. The summed E-state index contributed by atoms with van der Waals surface area (Å²) in [7, 11) is 6.11. The van der Waals surface area contributed by atoms with Crippen LogP contribution in [0.1, 0.15) is 55.0 Å². The van der Waals surface area contributed by atoms with Crippen LogP contribution in [-0.4, -0.2) is 76.1 Å². The molecule has 2 unspecified atom stereocenters. The topological polar surface area (TPSA) is 96.1 Å². The van der Waals surface area contributed by atoms with Crippen LogP contribution in [0.2, 0.25) is 0 Å². The highest BCUT2D eigenvalue weighted by atomic mass is 79.9. The van der Waals surface area contributed by atoms with Gasteiger partial charge in [0.05, 0.1) is 47.2 Å². The van der Waals surface area contributed by atoms with Gasteiger partial charge in [-0.15, -0.1) is 0 Å². The molecule has 0 radical (unpaired) electrons. The van der Waals surface area contributed by atoms with E-state index in [1.807, 2.05) is 18.2 Å². The fourth-order valence-corrected chi connectivity index (χ4v) is 8.70. The van der Waals surface area contributed by atoms with Crippen LogP contribution < -0.4 is 14.2 Å². The summed E-state index contributed by atoms with van der Waals surface area (Å²) in [6.07, 6.45) is 3.51. The molecule has 0 saturated heterocycles. The molecule has 2 aromatic carbocycles. The van der Waals surface area contributed by atoms with Crippen LogP contribution in [0.4, 0.5) is 0 Å². The number of nitrogens with zero attached hydrogens (tertiary/aromatic N) is 1. The van der Waals surface area contributed by atoms with E-state index in [-0.39, 0.29) is 24.3 Å². The van der Waals surface area contributed by atoms with E-state index < -0.39 is 11.4 Å². The zero-order chi connectivity index (χ0) is 31.4. The molecule has 10 heteroatoms. The summed E-state index contributed by atoms with van der Waals surface area (Å²) in [6.45, 7) is 6.87. The number of quaternary nitrogens is 1. The van der Waals surface area contributed by atoms with Gasteiger partial charge in [0, 0.05) is 39.6 Å². The SMILES string of the molecule is CCC1=C[C@H]2C[C@](C(=O)OC)(c3c(OC)c(Br)c4c(c3OC)C(C)CO4)c3[nH]c4ccccc4c3C[N+](CC(=O)OC)(C1)C2. The van der Waals surface area contributed by atoms with Crippen molar-refractivity contribution < 1.29 is 37.8 Å². The molecule has 3 aliphatic rings. The highest BCUT2D eigenvalue weighted by molar-refractivity contribution is 9.10. The summed E-state index contributed by atoms with van der Waals surface area (Å²) < 4.78 is 30.6. The summed E-state index contributed by atoms with van der Waals surface area (Å²) in [5.41, 5.74) is 4.00. The van der Waals surface area contributed by atoms with Crippen LogP contribution in [-0.2, 0) is 31.0 Å². The van der Waals surface area contributed by atoms with Gasteiger partial charge < -0.3 is 33.2 Å². The van der Waals surface area contributed by atoms with Gasteiger partial charge in [0.2, 0.25) is 0 Å². The first-order valence-electron chi connectivity index (χ1n) is 15.1. The van der Waals surface area contributed by atoms with Crippen molar-refractivity contribution in [2.24, 2.45) is 5.92 Å². The maximum absolute atomic E-state index is 14.7. The molecule has 0 spiro atoms. The average Bonchev–Trinajstić information content (AvgIpc) is 3.59. The maximum atomic E-state index is 14.7. The third-order valence-corrected chi connectivity index (χ3v) is 10.5. The molecular formula is C34H40BrN2O7+. The first-order valence-corrected chi connectivity index (χ1v) is 15.9. The number of H-pyrrole nitrogens is 1. The quantitative estimate of drug-likeness (QED) is 0.194. The van der Waals surface area contributed by atoms with Gasteiger partial charge in [-0.25, -0.2) is 4.79 Å². The van der Waals surface area contributed by atoms with Crippen LogP contribution >= 0.6 is 15.9 Å². The monoisotopic (exact) mass is 667 g/mol. The zero-order valence-corrected chi connectivity index (χ0v) is 27.8. The van der Waals surface area contributed by atoms with E-state index in [1.54, 1.807) is 14.2 Å². The number of halogens is 1. The predicted octanol–water partition coefficient (Wildman–Crippen LogP) is 5.76. The van der Waals surface area contributed by atoms with E-state index in [0.29, 0.717) is 57.9 Å². The Bertz CT molecular complexity index is 1680. The second kappa shape index (κ2) is 11.5. The van der Waals surface area contributed by atoms with E-state index in [9.17, 15) is 9.59 Å². The number of aromatic nitrogens is 1. The number of benzene rings is 2. The van der Waals surface area contributed by atoms with Gasteiger partial charge in [-0.05, 0) is 40.4 Å². The molecule has 0 fully saturated rings. The van der Waals surface area contributed by atoms with Crippen molar-refractivity contribution in [2.45, 2.75) is 44.6 Å². The Labute approximate surface area is 266 Å². The minimum Gasteiger partial charge on any atom is -0.496 e. The smallest absolute Gasteiger partial charge is 0.361 e. The molecule has 0 amide bonds. The first-order chi connectivity index (χ1) is 21.2. The van der Waals surface area contributed by atoms with E-state index in [4.69, 9.17) is 23.7 Å². The van der Waals surface area contributed by atoms with Crippen LogP contribution in [0.15, 0.2) is 40.4 Å². The third kappa shape index (κ3) is 4.52. The molecule has 3 aromatic rings. The lowest BCUT2D eigenvalue weighted by atomic mass is 9.66. The van der Waals surface area contributed by atoms with Crippen LogP contribution in [0, 0.1) is 5.92 Å². The number of carbonyl (C=O) groups is 2. The van der Waals surface area contributed by atoms with Gasteiger partial charge in [-0.3, -0.25) is 4.79 Å². The molecule has 44 heavy (non-hydrogen) atoms. The van der Waals surface area contributed by atoms with Gasteiger partial charge in [0.1, 0.15) is 40.2 Å². The Balaban J connectivity index is 1.76. The zero-order valence-electron chi connectivity index (χ0n) is 26.2. The molecule has 9 nitrogen and oxygen atoms in total. The molecule has 4 heterocycles. The molecule has 3 aliphatic heterocycles. The summed E-state index contributed by atoms with van der Waals surface area (Å²) in [4.78, 5) is 31.4. The van der Waals surface area contributed by atoms with Gasteiger partial charge in [0.25, 0.3) is 0 Å². The number of methoxy groups -OCH3 is 4. The molecule has 2 bridgehead atoms. The molecule has 234 valence electrons. The normalized spacial score (nSPS) is 25.6. The molecule has 1 aromatic heterocycles. The fourth-order valence-electron chi connectivity index (χ4n) is 8.01. The largest absolute Gasteiger partial charge is 0.496 e. The number of hydrogen-bond acceptors (Lipinski definition) is 7. The average molecular weight is 669 g/mol. The Morgan fingerprint density at radius 2 is 1.84 bits per heavy atom. The number of fused-ring (bicyclic) bond motifs is 6. The predicted molar refractivity (Wildman–Crippen MR) is 169 cm³/mol. The number of rotatable bonds is 7. The number of hydrogen-bond donors (Lipinski definition) is 1. The van der Waals surface area contributed by atoms with E-state index in [1.165, 1.54) is 19.8 Å². The maximum Gasteiger partial charge on any atom is 0.361 e. The number of nitrogens with one attached hydrogen (secondary N) is 1. The van der Waals surface area contributed by atoms with Crippen molar-refractivity contribution in [3.63, 3.8) is 0 Å². The van der Waals surface area contributed by atoms with Gasteiger partial charge >= 0.3 is 11.9 Å². The summed E-state index contributed by atoms with van der Waals surface area (Å²) in [5, 5.41) is 0.999. The molecule has 0 aliphatic carbocycles. The fraction of sp³-hybridized carbons (Fsp3) is 0.471. The lowest BCUT2D eigenvalue weighted by molar-refractivity contribution is -0.934. The summed E-state index contributed by atoms with van der Waals surface area (Å²) in [6, 6.07) is 8.07. The highest BCUT2D eigenvalue weighted by Crippen LogP contribution is 2.59. The lowest BCUT2D eigenvalue weighted by Gasteiger charge is -2.47. The Kier molecular flexibility index (Phi) is 7.94. The number of esters is 2. The van der Waals surface area contributed by atoms with E-state index in [0.717, 1.165) is 40.7 Å². The third-order valence-electron chi connectivity index (χ3n) is 9.76. The van der Waals surface area contributed by atoms with Gasteiger partial charge in [-0.2, -0.15) is 0 Å². The summed E-state index contributed by atoms with van der Waals surface area (Å²) >= 11 is 3.79. The molecular weight excluding hydrogens is 628 g/mol. The van der Waals surface area contributed by atoms with Crippen molar-refractivity contribution in [2.75, 3.05) is 54.7 Å². The van der Waals surface area contributed by atoms with Gasteiger partial charge in [-0.1, -0.05) is 38.1 Å². The van der Waals surface area contributed by atoms with Crippen molar-refractivity contribution >= 4 is 38.8 Å². The standard InChI is InChI=1S/C34H40BrN2O7/c1-7-20-12-21-13-34(33(39)43-6,27-29(41-4)26-19(2)18-44-30(26)28(35)31(27)42-5)32-23(22-10-8-9-11-24(22)36-32)16-37(14-20,15-21)17-25(38)40-3/h8-12,19,21,36H,7,13-18H2,1-6H3/q+1/t19?,21-,34-,37?/m0/s1. The van der Waals surface area contributed by atoms with E-state index in [2.05, 4.69) is 46.9 Å². The Hall–Kier alpha value is -3.50. The minimum absolute atomic E-state index is 0.0250. The van der Waals surface area contributed by atoms with Crippen LogP contribution in [0.25, 0.3) is 10.9 Å². The van der Waals surface area contributed by atoms with Crippen molar-refractivity contribution in [1.82, 2.24) is 4.98 Å². The highest BCUT2D eigenvalue weighted by Gasteiger charge is 2.56. The second-order valence-electron chi connectivity index (χ2n) is 12.3. The first kappa shape index (κ1) is 30.5.